The third-order valence-corrected chi connectivity index (χ3v) is 5.13. The molecule has 0 aliphatic carbocycles. The highest BCUT2D eigenvalue weighted by Gasteiger charge is 2.23. The average molecular weight is 369 g/mol. The highest BCUT2D eigenvalue weighted by molar-refractivity contribution is 5.96. The first kappa shape index (κ1) is 18.7. The van der Waals surface area contributed by atoms with Crippen molar-refractivity contribution < 1.29 is 4.79 Å². The number of hydrogen-bond donors (Lipinski definition) is 1. The fourth-order valence-electron chi connectivity index (χ4n) is 3.92. The molecule has 0 atom stereocenters. The topological polar surface area (TPSA) is 34.0 Å². The predicted molar refractivity (Wildman–Crippen MR) is 109 cm³/mol. The van der Waals surface area contributed by atoms with E-state index >= 15 is 0 Å². The summed E-state index contributed by atoms with van der Waals surface area (Å²) < 4.78 is 1.97. The molecule has 0 saturated heterocycles. The summed E-state index contributed by atoms with van der Waals surface area (Å²) in [6.45, 7) is 1.93. The van der Waals surface area contributed by atoms with Crippen molar-refractivity contribution in [3.63, 3.8) is 0 Å². The predicted octanol–water partition coefficient (Wildman–Crippen LogP) is 4.41. The fraction of sp³-hybridized carbons (Fsp3) is 0.318. The number of rotatable bonds is 6. The maximum absolute atomic E-state index is 12.4. The Morgan fingerprint density at radius 2 is 1.62 bits per heavy atom. The molecule has 1 aliphatic heterocycles. The molecule has 1 aliphatic rings. The summed E-state index contributed by atoms with van der Waals surface area (Å²) in [7, 11) is 0. The van der Waals surface area contributed by atoms with Crippen LogP contribution in [0.1, 0.15) is 34.5 Å². The van der Waals surface area contributed by atoms with Gasteiger partial charge in [-0.3, -0.25) is 9.36 Å². The number of para-hydroxylation sites is 1. The average Bonchev–Trinajstić information content (AvgIpc) is 2.98. The van der Waals surface area contributed by atoms with Crippen molar-refractivity contribution in [3.05, 3.63) is 71.4 Å². The van der Waals surface area contributed by atoms with Crippen LogP contribution in [0.5, 0.6) is 0 Å². The monoisotopic (exact) mass is 368 g/mol. The summed E-state index contributed by atoms with van der Waals surface area (Å²) in [6.07, 6.45) is 4.68. The van der Waals surface area contributed by atoms with Crippen LogP contribution in [0.4, 0.5) is 0 Å². The van der Waals surface area contributed by atoms with Gasteiger partial charge in [0.1, 0.15) is 0 Å². The number of halogens is 1. The van der Waals surface area contributed by atoms with Crippen LogP contribution in [0.15, 0.2) is 54.6 Å². The second-order valence-electron chi connectivity index (χ2n) is 6.76. The minimum absolute atomic E-state index is 0. The molecule has 2 aromatic carbocycles. The Bertz CT molecular complexity index is 886. The lowest BCUT2D eigenvalue weighted by Crippen LogP contribution is -2.22. The van der Waals surface area contributed by atoms with Crippen LogP contribution in [0.3, 0.4) is 0 Å². The first-order chi connectivity index (χ1) is 12.3. The fourth-order valence-corrected chi connectivity index (χ4v) is 3.92. The molecule has 3 aromatic rings. The SMILES string of the molecule is Cl.O=C1CCCc2c(CCNCCc3ccccc3)c3ccccc3n21. The number of fused-ring (bicyclic) bond motifs is 3. The third kappa shape index (κ3) is 3.69. The zero-order valence-electron chi connectivity index (χ0n) is 14.9. The number of carbonyl (C=O) groups is 1. The van der Waals surface area contributed by atoms with Crippen LogP contribution < -0.4 is 5.32 Å². The summed E-state index contributed by atoms with van der Waals surface area (Å²) in [4.78, 5) is 12.4. The highest BCUT2D eigenvalue weighted by atomic mass is 35.5. The molecule has 4 heteroatoms. The van der Waals surface area contributed by atoms with Crippen molar-refractivity contribution in [1.29, 1.82) is 0 Å². The molecule has 0 radical (unpaired) electrons. The smallest absolute Gasteiger partial charge is 0.231 e. The maximum Gasteiger partial charge on any atom is 0.231 e. The van der Waals surface area contributed by atoms with Crippen molar-refractivity contribution >= 4 is 29.2 Å². The summed E-state index contributed by atoms with van der Waals surface area (Å²) in [5.74, 6) is 0.251. The lowest BCUT2D eigenvalue weighted by atomic mass is 10.0. The molecular formula is C22H25ClN2O. The van der Waals surface area contributed by atoms with Crippen LogP contribution in [0, 0.1) is 0 Å². The van der Waals surface area contributed by atoms with Gasteiger partial charge in [0.05, 0.1) is 5.52 Å². The number of benzene rings is 2. The van der Waals surface area contributed by atoms with Crippen LogP contribution in [-0.2, 0) is 19.3 Å². The minimum atomic E-state index is 0. The number of carbonyl (C=O) groups excluding carboxylic acids is 1. The third-order valence-electron chi connectivity index (χ3n) is 5.13. The van der Waals surface area contributed by atoms with E-state index in [9.17, 15) is 4.79 Å². The number of nitrogens with zero attached hydrogens (tertiary/aromatic N) is 1. The Labute approximate surface area is 160 Å². The normalized spacial score (nSPS) is 13.5. The largest absolute Gasteiger partial charge is 0.316 e. The second-order valence-corrected chi connectivity index (χ2v) is 6.76. The molecule has 136 valence electrons. The van der Waals surface area contributed by atoms with Gasteiger partial charge < -0.3 is 5.32 Å². The molecule has 1 aromatic heterocycles. The van der Waals surface area contributed by atoms with E-state index in [0.29, 0.717) is 6.42 Å². The van der Waals surface area contributed by atoms with E-state index in [1.54, 1.807) is 0 Å². The molecule has 0 unspecified atom stereocenters. The van der Waals surface area contributed by atoms with E-state index in [4.69, 9.17) is 0 Å². The van der Waals surface area contributed by atoms with Gasteiger partial charge in [-0.1, -0.05) is 48.5 Å². The van der Waals surface area contributed by atoms with Crippen LogP contribution in [0.2, 0.25) is 0 Å². The molecule has 4 rings (SSSR count). The van der Waals surface area contributed by atoms with Gasteiger partial charge in [-0.05, 0) is 56.0 Å². The van der Waals surface area contributed by atoms with E-state index in [2.05, 4.69) is 53.8 Å². The lowest BCUT2D eigenvalue weighted by Gasteiger charge is -2.16. The zero-order chi connectivity index (χ0) is 17.1. The Hall–Kier alpha value is -2.10. The molecule has 0 saturated carbocycles. The van der Waals surface area contributed by atoms with Gasteiger partial charge in [-0.2, -0.15) is 0 Å². The van der Waals surface area contributed by atoms with Gasteiger partial charge in [-0.25, -0.2) is 0 Å². The van der Waals surface area contributed by atoms with Crippen molar-refractivity contribution in [2.75, 3.05) is 13.1 Å². The summed E-state index contributed by atoms with van der Waals surface area (Å²) in [5.41, 5.74) is 5.05. The van der Waals surface area contributed by atoms with Crippen LogP contribution >= 0.6 is 12.4 Å². The Morgan fingerprint density at radius 1 is 0.885 bits per heavy atom. The quantitative estimate of drug-likeness (QED) is 0.654. The number of aromatic nitrogens is 1. The summed E-state index contributed by atoms with van der Waals surface area (Å²) in [5, 5.41) is 4.81. The van der Waals surface area contributed by atoms with Crippen molar-refractivity contribution in [2.45, 2.75) is 32.1 Å². The van der Waals surface area contributed by atoms with E-state index < -0.39 is 0 Å². The van der Waals surface area contributed by atoms with E-state index in [1.165, 1.54) is 22.2 Å². The van der Waals surface area contributed by atoms with Crippen molar-refractivity contribution in [1.82, 2.24) is 9.88 Å². The summed E-state index contributed by atoms with van der Waals surface area (Å²) in [6, 6.07) is 18.9. The Kier molecular flexibility index (Phi) is 6.12. The molecule has 3 nitrogen and oxygen atoms in total. The molecule has 0 bridgehead atoms. The molecule has 2 heterocycles. The summed E-state index contributed by atoms with van der Waals surface area (Å²) >= 11 is 0. The maximum atomic E-state index is 12.4. The molecule has 0 amide bonds. The Morgan fingerprint density at radius 3 is 2.46 bits per heavy atom. The molecule has 0 spiro atoms. The molecule has 0 fully saturated rings. The minimum Gasteiger partial charge on any atom is -0.316 e. The van der Waals surface area contributed by atoms with E-state index in [-0.39, 0.29) is 18.3 Å². The second kappa shape index (κ2) is 8.52. The van der Waals surface area contributed by atoms with E-state index in [0.717, 1.165) is 44.3 Å². The van der Waals surface area contributed by atoms with Crippen LogP contribution in [-0.4, -0.2) is 23.6 Å². The number of nitrogens with one attached hydrogen (secondary N) is 1. The van der Waals surface area contributed by atoms with Crippen molar-refractivity contribution in [3.8, 4) is 0 Å². The molecular weight excluding hydrogens is 344 g/mol. The van der Waals surface area contributed by atoms with Gasteiger partial charge in [0.2, 0.25) is 5.91 Å². The standard InChI is InChI=1S/C22H24N2O.ClH/c25-22-12-6-11-21-19(18-9-4-5-10-20(18)24(21)22)14-16-23-15-13-17-7-2-1-3-8-17;/h1-5,7-10,23H,6,11-16H2;1H. The Balaban J connectivity index is 0.00000196. The highest BCUT2D eigenvalue weighted by Crippen LogP contribution is 2.30. The van der Waals surface area contributed by atoms with Gasteiger partial charge in [-0.15, -0.1) is 12.4 Å². The molecule has 1 N–H and O–H groups in total. The first-order valence-electron chi connectivity index (χ1n) is 9.23. The van der Waals surface area contributed by atoms with Crippen LogP contribution in [0.25, 0.3) is 10.9 Å². The van der Waals surface area contributed by atoms with Crippen molar-refractivity contribution in [2.24, 2.45) is 0 Å². The van der Waals surface area contributed by atoms with Gasteiger partial charge in [0, 0.05) is 17.5 Å². The van der Waals surface area contributed by atoms with Gasteiger partial charge in [0.15, 0.2) is 0 Å². The van der Waals surface area contributed by atoms with Gasteiger partial charge in [0.25, 0.3) is 0 Å². The number of hydrogen-bond acceptors (Lipinski definition) is 2. The lowest BCUT2D eigenvalue weighted by molar-refractivity contribution is 0.0889. The van der Waals surface area contributed by atoms with E-state index in [1.807, 2.05) is 10.6 Å². The van der Waals surface area contributed by atoms with Gasteiger partial charge >= 0.3 is 0 Å². The molecule has 26 heavy (non-hydrogen) atoms. The zero-order valence-corrected chi connectivity index (χ0v) is 15.7. The first-order valence-corrected chi connectivity index (χ1v) is 9.23.